The molecular weight excluding hydrogens is 352 g/mol. The number of carbonyl (C=O) groups is 2. The van der Waals surface area contributed by atoms with Gasteiger partial charge in [-0.05, 0) is 35.6 Å². The Bertz CT molecular complexity index is 792. The first kappa shape index (κ1) is 21.7. The predicted octanol–water partition coefficient (Wildman–Crippen LogP) is 4.90. The van der Waals surface area contributed by atoms with E-state index in [-0.39, 0.29) is 6.42 Å². The van der Waals surface area contributed by atoms with Crippen LogP contribution in [0.15, 0.2) is 59.4 Å². The quantitative estimate of drug-likeness (QED) is 0.291. The average Bonchev–Trinajstić information content (AvgIpc) is 3.12. The molecule has 1 aliphatic rings. The van der Waals surface area contributed by atoms with Gasteiger partial charge in [-0.15, -0.1) is 5.73 Å². The summed E-state index contributed by atoms with van der Waals surface area (Å²) in [5.41, 5.74) is 4.34. The van der Waals surface area contributed by atoms with Gasteiger partial charge in [0.1, 0.15) is 0 Å². The van der Waals surface area contributed by atoms with E-state index in [2.05, 4.69) is 38.6 Å². The molecule has 0 atom stereocenters. The Morgan fingerprint density at radius 1 is 1.14 bits per heavy atom. The van der Waals surface area contributed by atoms with Gasteiger partial charge in [0.2, 0.25) is 0 Å². The van der Waals surface area contributed by atoms with Crippen LogP contribution in [0.3, 0.4) is 0 Å². The number of hydrogen-bond acceptors (Lipinski definition) is 4. The van der Waals surface area contributed by atoms with Gasteiger partial charge in [-0.25, -0.2) is 0 Å². The monoisotopic (exact) mass is 382 g/mol. The van der Waals surface area contributed by atoms with E-state index < -0.39 is 22.8 Å². The number of carbonyl (C=O) groups excluding carboxylic acids is 2. The number of allylic oxidation sites excluding steroid dienone is 2. The fourth-order valence-electron chi connectivity index (χ4n) is 3.67. The molecule has 0 fully saturated rings. The minimum absolute atomic E-state index is 0.195. The smallest absolute Gasteiger partial charge is 0.327 e. The van der Waals surface area contributed by atoms with E-state index in [0.29, 0.717) is 0 Å². The van der Waals surface area contributed by atoms with Crippen molar-refractivity contribution in [2.45, 2.75) is 51.9 Å². The van der Waals surface area contributed by atoms with Gasteiger partial charge in [-0.1, -0.05) is 63.6 Å². The molecule has 4 heteroatoms. The standard InChI is InChI=1S/C24H30O4/c1-6-7-8-10-13-18-16-24(21(25)27-4,22(26)28-5)17-20(18)23(2,3)19-14-11-9-12-15-19/h9-12,14-15,17H,6-8,16H2,1-5H3. The summed E-state index contributed by atoms with van der Waals surface area (Å²) in [6, 6.07) is 10.0. The maximum absolute atomic E-state index is 12.6. The highest BCUT2D eigenvalue weighted by Gasteiger charge is 2.53. The van der Waals surface area contributed by atoms with Crippen LogP contribution in [0.25, 0.3) is 0 Å². The number of methoxy groups -OCH3 is 2. The van der Waals surface area contributed by atoms with Crippen LogP contribution in [-0.4, -0.2) is 26.2 Å². The number of benzene rings is 1. The summed E-state index contributed by atoms with van der Waals surface area (Å²) in [4.78, 5) is 25.3. The van der Waals surface area contributed by atoms with Crippen molar-refractivity contribution in [3.05, 3.63) is 64.9 Å². The van der Waals surface area contributed by atoms with Crippen LogP contribution in [-0.2, 0) is 24.5 Å². The van der Waals surface area contributed by atoms with Crippen LogP contribution in [0, 0.1) is 5.41 Å². The highest BCUT2D eigenvalue weighted by molar-refractivity contribution is 6.04. The molecule has 1 aliphatic carbocycles. The molecule has 0 N–H and O–H groups in total. The van der Waals surface area contributed by atoms with E-state index in [1.54, 1.807) is 6.08 Å². The van der Waals surface area contributed by atoms with Crippen molar-refractivity contribution in [2.24, 2.45) is 5.41 Å². The highest BCUT2D eigenvalue weighted by atomic mass is 16.5. The fraction of sp³-hybridized carbons (Fsp3) is 0.458. The van der Waals surface area contributed by atoms with Crippen molar-refractivity contribution >= 4 is 11.9 Å². The largest absolute Gasteiger partial charge is 0.468 e. The van der Waals surface area contributed by atoms with E-state index in [0.717, 1.165) is 36.0 Å². The van der Waals surface area contributed by atoms with Gasteiger partial charge in [-0.2, -0.15) is 0 Å². The summed E-state index contributed by atoms with van der Waals surface area (Å²) >= 11 is 0. The fourth-order valence-corrected chi connectivity index (χ4v) is 3.67. The summed E-state index contributed by atoms with van der Waals surface area (Å²) in [6.07, 6.45) is 7.00. The zero-order chi connectivity index (χ0) is 20.8. The molecule has 1 aromatic rings. The number of hydrogen-bond donors (Lipinski definition) is 0. The van der Waals surface area contributed by atoms with Crippen molar-refractivity contribution in [1.82, 2.24) is 0 Å². The normalized spacial score (nSPS) is 15.5. The van der Waals surface area contributed by atoms with Crippen LogP contribution in [0.1, 0.15) is 52.0 Å². The molecule has 0 unspecified atom stereocenters. The topological polar surface area (TPSA) is 52.6 Å². The Labute approximate surface area is 167 Å². The second-order valence-corrected chi connectivity index (χ2v) is 7.65. The molecule has 1 aromatic carbocycles. The highest BCUT2D eigenvalue weighted by Crippen LogP contribution is 2.48. The van der Waals surface area contributed by atoms with E-state index in [1.165, 1.54) is 14.2 Å². The zero-order valence-corrected chi connectivity index (χ0v) is 17.5. The third-order valence-corrected chi connectivity index (χ3v) is 5.42. The van der Waals surface area contributed by atoms with E-state index in [9.17, 15) is 9.59 Å². The molecule has 0 amide bonds. The Kier molecular flexibility index (Phi) is 7.04. The summed E-state index contributed by atoms with van der Waals surface area (Å²) in [5, 5.41) is 0. The first-order valence-corrected chi connectivity index (χ1v) is 9.73. The zero-order valence-electron chi connectivity index (χ0n) is 17.5. The Balaban J connectivity index is 2.64. The maximum atomic E-state index is 12.6. The SMILES string of the molecule is CCCCC=C=C1CC(C(=O)OC)(C(=O)OC)C=C1C(C)(C)c1ccccc1. The first-order valence-electron chi connectivity index (χ1n) is 9.73. The average molecular weight is 383 g/mol. The van der Waals surface area contributed by atoms with Gasteiger partial charge in [0.25, 0.3) is 0 Å². The molecule has 0 aliphatic heterocycles. The number of unbranched alkanes of at least 4 members (excludes halogenated alkanes) is 2. The third-order valence-electron chi connectivity index (χ3n) is 5.42. The molecule has 0 heterocycles. The second-order valence-electron chi connectivity index (χ2n) is 7.65. The van der Waals surface area contributed by atoms with Gasteiger partial charge in [-0.3, -0.25) is 9.59 Å². The molecule has 0 aromatic heterocycles. The van der Waals surface area contributed by atoms with Crippen molar-refractivity contribution in [3.8, 4) is 0 Å². The molecule has 4 nitrogen and oxygen atoms in total. The van der Waals surface area contributed by atoms with Crippen LogP contribution >= 0.6 is 0 Å². The van der Waals surface area contributed by atoms with Crippen LogP contribution in [0.4, 0.5) is 0 Å². The lowest BCUT2D eigenvalue weighted by molar-refractivity contribution is -0.164. The molecule has 0 bridgehead atoms. The Hall–Kier alpha value is -2.58. The maximum Gasteiger partial charge on any atom is 0.327 e. The lowest BCUT2D eigenvalue weighted by Gasteiger charge is -2.27. The molecular formula is C24H30O4. The minimum Gasteiger partial charge on any atom is -0.468 e. The van der Waals surface area contributed by atoms with Crippen molar-refractivity contribution in [1.29, 1.82) is 0 Å². The van der Waals surface area contributed by atoms with Crippen molar-refractivity contribution in [2.75, 3.05) is 14.2 Å². The molecule has 0 radical (unpaired) electrons. The Morgan fingerprint density at radius 3 is 2.29 bits per heavy atom. The predicted molar refractivity (Wildman–Crippen MR) is 110 cm³/mol. The molecule has 150 valence electrons. The number of rotatable bonds is 7. The lowest BCUT2D eigenvalue weighted by atomic mass is 9.76. The van der Waals surface area contributed by atoms with Crippen molar-refractivity contribution < 1.29 is 19.1 Å². The number of esters is 2. The van der Waals surface area contributed by atoms with Crippen LogP contribution < -0.4 is 0 Å². The van der Waals surface area contributed by atoms with E-state index in [1.807, 2.05) is 24.3 Å². The molecule has 28 heavy (non-hydrogen) atoms. The van der Waals surface area contributed by atoms with E-state index >= 15 is 0 Å². The second kappa shape index (κ2) is 9.07. The molecule has 0 spiro atoms. The molecule has 2 rings (SSSR count). The number of ether oxygens (including phenoxy) is 2. The van der Waals surface area contributed by atoms with E-state index in [4.69, 9.17) is 9.47 Å². The summed E-state index contributed by atoms with van der Waals surface area (Å²) in [7, 11) is 2.59. The first-order chi connectivity index (χ1) is 13.3. The van der Waals surface area contributed by atoms with Crippen molar-refractivity contribution in [3.63, 3.8) is 0 Å². The minimum atomic E-state index is -1.47. The molecule has 0 saturated heterocycles. The van der Waals surface area contributed by atoms with Gasteiger partial charge < -0.3 is 9.47 Å². The molecule has 0 saturated carbocycles. The Morgan fingerprint density at radius 2 is 1.75 bits per heavy atom. The lowest BCUT2D eigenvalue weighted by Crippen LogP contribution is -2.38. The van der Waals surface area contributed by atoms with Gasteiger partial charge in [0.15, 0.2) is 5.41 Å². The van der Waals surface area contributed by atoms with Gasteiger partial charge in [0, 0.05) is 11.8 Å². The van der Waals surface area contributed by atoms with Gasteiger partial charge in [0.05, 0.1) is 14.2 Å². The summed E-state index contributed by atoms with van der Waals surface area (Å²) in [5.74, 6) is -1.21. The summed E-state index contributed by atoms with van der Waals surface area (Å²) in [6.45, 7) is 6.32. The summed E-state index contributed by atoms with van der Waals surface area (Å²) < 4.78 is 9.97. The van der Waals surface area contributed by atoms with Crippen LogP contribution in [0.5, 0.6) is 0 Å². The third kappa shape index (κ3) is 4.13. The van der Waals surface area contributed by atoms with Gasteiger partial charge >= 0.3 is 11.9 Å². The van der Waals surface area contributed by atoms with Crippen LogP contribution in [0.2, 0.25) is 0 Å².